The van der Waals surface area contributed by atoms with Gasteiger partial charge in [0.2, 0.25) is 5.82 Å². The van der Waals surface area contributed by atoms with Crippen LogP contribution in [-0.2, 0) is 5.92 Å². The van der Waals surface area contributed by atoms with Gasteiger partial charge in [0, 0.05) is 10.8 Å². The van der Waals surface area contributed by atoms with Gasteiger partial charge in [-0.15, -0.1) is 10.2 Å². The average Bonchev–Trinajstić information content (AvgIpc) is 2.82. The summed E-state index contributed by atoms with van der Waals surface area (Å²) in [5, 5.41) is 10.3. The molecule has 0 aliphatic carbocycles. The van der Waals surface area contributed by atoms with E-state index in [1.165, 1.54) is 6.07 Å². The predicted octanol–water partition coefficient (Wildman–Crippen LogP) is 3.59. The molecule has 0 amide bonds. The number of hydrogen-bond acceptors (Lipinski definition) is 3. The highest BCUT2D eigenvalue weighted by Gasteiger charge is 2.62. The first kappa shape index (κ1) is 13.9. The SMILES string of the molecule is FC(F)(F)C(F)(F)c1nnc2c3ccccc3c(Cl)nn12. The Hall–Kier alpha value is -2.03. The Kier molecular flexibility index (Phi) is 2.81. The first-order valence-electron chi connectivity index (χ1n) is 5.48. The second-order valence-electron chi connectivity index (χ2n) is 4.17. The number of rotatable bonds is 1. The van der Waals surface area contributed by atoms with Gasteiger partial charge in [0.15, 0.2) is 10.8 Å². The molecule has 4 nitrogen and oxygen atoms in total. The minimum Gasteiger partial charge on any atom is -0.189 e. The van der Waals surface area contributed by atoms with Crippen molar-refractivity contribution in [2.45, 2.75) is 12.1 Å². The largest absolute Gasteiger partial charge is 0.461 e. The number of fused-ring (bicyclic) bond motifs is 3. The Labute approximate surface area is 118 Å². The number of benzene rings is 1. The smallest absolute Gasteiger partial charge is 0.189 e. The molecule has 3 aromatic rings. The van der Waals surface area contributed by atoms with E-state index >= 15 is 0 Å². The molecule has 110 valence electrons. The van der Waals surface area contributed by atoms with E-state index < -0.39 is 17.9 Å². The number of aromatic nitrogens is 4. The van der Waals surface area contributed by atoms with Gasteiger partial charge >= 0.3 is 12.1 Å². The lowest BCUT2D eigenvalue weighted by Gasteiger charge is -2.17. The lowest BCUT2D eigenvalue weighted by molar-refractivity contribution is -0.293. The molecule has 3 rings (SSSR count). The summed E-state index contributed by atoms with van der Waals surface area (Å²) in [6, 6.07) is 6.20. The Bertz CT molecular complexity index is 842. The van der Waals surface area contributed by atoms with Crippen LogP contribution in [0.4, 0.5) is 22.0 Å². The Morgan fingerprint density at radius 3 is 2.19 bits per heavy atom. The van der Waals surface area contributed by atoms with E-state index in [4.69, 9.17) is 11.6 Å². The summed E-state index contributed by atoms with van der Waals surface area (Å²) in [5.74, 6) is -6.82. The van der Waals surface area contributed by atoms with Gasteiger partial charge < -0.3 is 0 Å². The molecule has 1 aromatic carbocycles. The van der Waals surface area contributed by atoms with Gasteiger partial charge in [0.1, 0.15) is 0 Å². The molecule has 0 spiro atoms. The maximum atomic E-state index is 13.4. The van der Waals surface area contributed by atoms with Crippen LogP contribution >= 0.6 is 11.6 Å². The molecular formula is C11H4ClF5N4. The van der Waals surface area contributed by atoms with Gasteiger partial charge in [-0.1, -0.05) is 35.9 Å². The highest BCUT2D eigenvalue weighted by molar-refractivity contribution is 6.34. The van der Waals surface area contributed by atoms with Crippen LogP contribution in [0, 0.1) is 0 Å². The van der Waals surface area contributed by atoms with Crippen molar-refractivity contribution in [2.24, 2.45) is 0 Å². The zero-order valence-electron chi connectivity index (χ0n) is 9.87. The summed E-state index contributed by atoms with van der Waals surface area (Å²) < 4.78 is 64.5. The molecule has 0 saturated heterocycles. The summed E-state index contributed by atoms with van der Waals surface area (Å²) in [7, 11) is 0. The molecule has 0 aliphatic rings. The second kappa shape index (κ2) is 4.23. The van der Waals surface area contributed by atoms with E-state index in [2.05, 4.69) is 15.3 Å². The maximum Gasteiger partial charge on any atom is 0.461 e. The van der Waals surface area contributed by atoms with Gasteiger partial charge in [-0.3, -0.25) is 0 Å². The Balaban J connectivity index is 2.39. The van der Waals surface area contributed by atoms with Crippen molar-refractivity contribution in [3.05, 3.63) is 35.2 Å². The third kappa shape index (κ3) is 1.91. The quantitative estimate of drug-likeness (QED) is 0.643. The minimum atomic E-state index is -5.81. The summed E-state index contributed by atoms with van der Waals surface area (Å²) in [4.78, 5) is 0. The zero-order chi connectivity index (χ0) is 15.4. The van der Waals surface area contributed by atoms with Crippen molar-refractivity contribution in [1.29, 1.82) is 0 Å². The number of hydrogen-bond donors (Lipinski definition) is 0. The molecule has 0 radical (unpaired) electrons. The Morgan fingerprint density at radius 1 is 0.952 bits per heavy atom. The third-order valence-corrected chi connectivity index (χ3v) is 3.13. The third-order valence-electron chi connectivity index (χ3n) is 2.86. The van der Waals surface area contributed by atoms with Crippen molar-refractivity contribution in [3.8, 4) is 0 Å². The van der Waals surface area contributed by atoms with Crippen LogP contribution in [0.5, 0.6) is 0 Å². The molecule has 21 heavy (non-hydrogen) atoms. The van der Waals surface area contributed by atoms with Gasteiger partial charge in [-0.2, -0.15) is 31.6 Å². The molecule has 2 heterocycles. The van der Waals surface area contributed by atoms with Crippen LogP contribution in [-0.4, -0.2) is 26.0 Å². The lowest BCUT2D eigenvalue weighted by Crippen LogP contribution is -2.36. The zero-order valence-corrected chi connectivity index (χ0v) is 10.6. The van der Waals surface area contributed by atoms with Gasteiger partial charge in [-0.05, 0) is 0 Å². The van der Waals surface area contributed by atoms with Crippen LogP contribution in [0.1, 0.15) is 5.82 Å². The minimum absolute atomic E-state index is 0.225. The molecule has 10 heteroatoms. The van der Waals surface area contributed by atoms with Crippen LogP contribution in [0.15, 0.2) is 24.3 Å². The van der Waals surface area contributed by atoms with Gasteiger partial charge in [0.25, 0.3) is 0 Å². The number of alkyl halides is 5. The van der Waals surface area contributed by atoms with Crippen molar-refractivity contribution in [2.75, 3.05) is 0 Å². The van der Waals surface area contributed by atoms with E-state index in [0.29, 0.717) is 9.90 Å². The van der Waals surface area contributed by atoms with E-state index in [1.54, 1.807) is 18.2 Å². The fourth-order valence-electron chi connectivity index (χ4n) is 1.86. The second-order valence-corrected chi connectivity index (χ2v) is 4.53. The van der Waals surface area contributed by atoms with Crippen molar-refractivity contribution in [1.82, 2.24) is 19.8 Å². The maximum absolute atomic E-state index is 13.4. The van der Waals surface area contributed by atoms with E-state index in [9.17, 15) is 22.0 Å². The van der Waals surface area contributed by atoms with Crippen LogP contribution in [0.3, 0.4) is 0 Å². The molecular weight excluding hydrogens is 319 g/mol. The Morgan fingerprint density at radius 2 is 1.57 bits per heavy atom. The fourth-order valence-corrected chi connectivity index (χ4v) is 2.11. The van der Waals surface area contributed by atoms with Gasteiger partial charge in [0.05, 0.1) is 0 Å². The fraction of sp³-hybridized carbons (Fsp3) is 0.182. The van der Waals surface area contributed by atoms with Crippen molar-refractivity contribution >= 4 is 28.0 Å². The molecule has 0 atom stereocenters. The first-order valence-corrected chi connectivity index (χ1v) is 5.86. The molecule has 2 aromatic heterocycles. The van der Waals surface area contributed by atoms with Crippen LogP contribution in [0.2, 0.25) is 5.15 Å². The average molecular weight is 323 g/mol. The van der Waals surface area contributed by atoms with Crippen LogP contribution in [0.25, 0.3) is 16.4 Å². The van der Waals surface area contributed by atoms with E-state index in [-0.39, 0.29) is 16.2 Å². The van der Waals surface area contributed by atoms with Crippen molar-refractivity contribution < 1.29 is 22.0 Å². The number of nitrogens with zero attached hydrogens (tertiary/aromatic N) is 4. The summed E-state index contributed by atoms with van der Waals surface area (Å²) in [6.07, 6.45) is -5.81. The van der Waals surface area contributed by atoms with Crippen molar-refractivity contribution in [3.63, 3.8) is 0 Å². The summed E-state index contributed by atoms with van der Waals surface area (Å²) in [5.41, 5.74) is -0.228. The standard InChI is InChI=1S/C11H4ClF5N4/c12-7-5-3-1-2-4-6(5)8-18-19-9(21(8)20-7)10(13,14)11(15,16)17/h1-4H. The first-order chi connectivity index (χ1) is 9.73. The lowest BCUT2D eigenvalue weighted by atomic mass is 10.2. The molecule has 0 aliphatic heterocycles. The molecule has 0 fully saturated rings. The highest BCUT2D eigenvalue weighted by Crippen LogP contribution is 2.43. The topological polar surface area (TPSA) is 43.1 Å². The van der Waals surface area contributed by atoms with E-state index in [1.807, 2.05) is 0 Å². The summed E-state index contributed by atoms with van der Waals surface area (Å²) in [6.45, 7) is 0. The molecule has 0 bridgehead atoms. The van der Waals surface area contributed by atoms with Gasteiger partial charge in [-0.25, -0.2) is 0 Å². The normalized spacial score (nSPS) is 13.2. The van der Waals surface area contributed by atoms with Crippen LogP contribution < -0.4 is 0 Å². The molecule has 0 unspecified atom stereocenters. The highest BCUT2D eigenvalue weighted by atomic mass is 35.5. The molecule has 0 saturated carbocycles. The van der Waals surface area contributed by atoms with E-state index in [0.717, 1.165) is 0 Å². The summed E-state index contributed by atoms with van der Waals surface area (Å²) >= 11 is 5.82. The molecule has 0 N–H and O–H groups in total. The number of halogens is 6. The monoisotopic (exact) mass is 322 g/mol. The predicted molar refractivity (Wildman–Crippen MR) is 63.2 cm³/mol.